The zero-order chi connectivity index (χ0) is 13.7. The van der Waals surface area contributed by atoms with Crippen LogP contribution in [0.1, 0.15) is 38.5 Å². The molecule has 2 aliphatic rings. The first-order valence-electron chi connectivity index (χ1n) is 7.03. The van der Waals surface area contributed by atoms with Gasteiger partial charge in [-0.25, -0.2) is 5.84 Å². The summed E-state index contributed by atoms with van der Waals surface area (Å²) in [6.45, 7) is 0.551. The second kappa shape index (κ2) is 7.19. The summed E-state index contributed by atoms with van der Waals surface area (Å²) in [5.41, 5.74) is 2.13. The van der Waals surface area contributed by atoms with Gasteiger partial charge in [0, 0.05) is 7.11 Å². The number of carbonyl (C=O) groups is 1. The Morgan fingerprint density at radius 3 is 2.84 bits per heavy atom. The molecule has 1 amide bonds. The summed E-state index contributed by atoms with van der Waals surface area (Å²) in [4.78, 5) is 11.3. The molecule has 0 aromatic heterocycles. The van der Waals surface area contributed by atoms with Crippen LogP contribution in [0.25, 0.3) is 0 Å². The number of methoxy groups -OCH3 is 1. The number of carbonyl (C=O) groups excluding carboxylic acids is 1. The molecule has 1 saturated heterocycles. The normalized spacial score (nSPS) is 35.3. The lowest BCUT2D eigenvalue weighted by molar-refractivity contribution is -0.134. The van der Waals surface area contributed by atoms with Gasteiger partial charge >= 0.3 is 0 Å². The molecule has 1 aliphatic heterocycles. The number of rotatable bonds is 5. The summed E-state index contributed by atoms with van der Waals surface area (Å²) in [5.74, 6) is 4.84. The molecule has 2 fully saturated rings. The van der Waals surface area contributed by atoms with Gasteiger partial charge in [-0.1, -0.05) is 0 Å². The van der Waals surface area contributed by atoms with E-state index in [1.165, 1.54) is 0 Å². The molecule has 19 heavy (non-hydrogen) atoms. The van der Waals surface area contributed by atoms with E-state index in [-0.39, 0.29) is 18.1 Å². The third kappa shape index (κ3) is 4.14. The highest BCUT2D eigenvalue weighted by atomic mass is 16.6. The second-order valence-electron chi connectivity index (χ2n) is 5.31. The van der Waals surface area contributed by atoms with Gasteiger partial charge in [0.05, 0.1) is 24.9 Å². The molecule has 1 heterocycles. The van der Waals surface area contributed by atoms with Crippen molar-refractivity contribution in [2.24, 2.45) is 5.84 Å². The van der Waals surface area contributed by atoms with Crippen molar-refractivity contribution < 1.29 is 19.0 Å². The SMILES string of the molecule is COC1CCCC(OCC2CCC(C(=O)NN)O2)C1. The minimum Gasteiger partial charge on any atom is -0.381 e. The number of ether oxygens (including phenoxy) is 3. The van der Waals surface area contributed by atoms with Crippen molar-refractivity contribution >= 4 is 5.91 Å². The Balaban J connectivity index is 1.67. The Hall–Kier alpha value is -0.690. The lowest BCUT2D eigenvalue weighted by Gasteiger charge is -2.29. The average Bonchev–Trinajstić information content (AvgIpc) is 2.93. The Morgan fingerprint density at radius 2 is 2.11 bits per heavy atom. The topological polar surface area (TPSA) is 82.8 Å². The van der Waals surface area contributed by atoms with Crippen molar-refractivity contribution in [1.82, 2.24) is 5.43 Å². The van der Waals surface area contributed by atoms with Crippen LogP contribution in [0.2, 0.25) is 0 Å². The minimum atomic E-state index is -0.420. The molecule has 6 heteroatoms. The van der Waals surface area contributed by atoms with Crippen LogP contribution in [0.4, 0.5) is 0 Å². The second-order valence-corrected chi connectivity index (χ2v) is 5.31. The average molecular weight is 272 g/mol. The quantitative estimate of drug-likeness (QED) is 0.432. The van der Waals surface area contributed by atoms with Gasteiger partial charge in [0.25, 0.3) is 5.91 Å². The van der Waals surface area contributed by atoms with Crippen LogP contribution in [0.3, 0.4) is 0 Å². The lowest BCUT2D eigenvalue weighted by atomic mass is 9.95. The molecule has 4 atom stereocenters. The standard InChI is InChI=1S/C13H24N2O4/c1-17-9-3-2-4-10(7-9)18-8-11-5-6-12(19-11)13(16)15-14/h9-12H,2-8,14H2,1H3,(H,15,16). The molecule has 3 N–H and O–H groups in total. The van der Waals surface area contributed by atoms with E-state index in [0.717, 1.165) is 32.1 Å². The number of hydrogen-bond donors (Lipinski definition) is 2. The van der Waals surface area contributed by atoms with Crippen molar-refractivity contribution in [2.45, 2.75) is 62.9 Å². The molecule has 1 aliphatic carbocycles. The zero-order valence-electron chi connectivity index (χ0n) is 11.5. The van der Waals surface area contributed by atoms with Gasteiger partial charge in [-0.05, 0) is 38.5 Å². The van der Waals surface area contributed by atoms with Gasteiger partial charge in [-0.15, -0.1) is 0 Å². The fraction of sp³-hybridized carbons (Fsp3) is 0.923. The maximum absolute atomic E-state index is 11.3. The van der Waals surface area contributed by atoms with Crippen molar-refractivity contribution in [3.8, 4) is 0 Å². The Morgan fingerprint density at radius 1 is 1.32 bits per heavy atom. The van der Waals surface area contributed by atoms with E-state index in [1.807, 2.05) is 0 Å². The molecule has 4 unspecified atom stereocenters. The van der Waals surface area contributed by atoms with E-state index in [4.69, 9.17) is 20.1 Å². The fourth-order valence-corrected chi connectivity index (χ4v) is 2.83. The van der Waals surface area contributed by atoms with E-state index in [2.05, 4.69) is 5.43 Å². The van der Waals surface area contributed by atoms with Crippen LogP contribution >= 0.6 is 0 Å². The molecule has 0 spiro atoms. The molecule has 2 rings (SSSR count). The number of nitrogens with one attached hydrogen (secondary N) is 1. The number of hydrazine groups is 1. The van der Waals surface area contributed by atoms with Crippen molar-refractivity contribution in [2.75, 3.05) is 13.7 Å². The third-order valence-electron chi connectivity index (χ3n) is 3.97. The molecule has 110 valence electrons. The van der Waals surface area contributed by atoms with Gasteiger partial charge < -0.3 is 14.2 Å². The molecular weight excluding hydrogens is 248 g/mol. The number of nitrogens with two attached hydrogens (primary N) is 1. The van der Waals surface area contributed by atoms with E-state index in [0.29, 0.717) is 19.1 Å². The third-order valence-corrected chi connectivity index (χ3v) is 3.97. The fourth-order valence-electron chi connectivity index (χ4n) is 2.83. The predicted molar refractivity (Wildman–Crippen MR) is 69.2 cm³/mol. The summed E-state index contributed by atoms with van der Waals surface area (Å²) < 4.78 is 16.9. The summed E-state index contributed by atoms with van der Waals surface area (Å²) >= 11 is 0. The largest absolute Gasteiger partial charge is 0.381 e. The summed E-state index contributed by atoms with van der Waals surface area (Å²) in [7, 11) is 1.75. The molecule has 0 bridgehead atoms. The summed E-state index contributed by atoms with van der Waals surface area (Å²) in [6.07, 6.45) is 6.02. The van der Waals surface area contributed by atoms with Gasteiger partial charge in [-0.3, -0.25) is 10.2 Å². The number of hydrogen-bond acceptors (Lipinski definition) is 5. The maximum Gasteiger partial charge on any atom is 0.263 e. The molecule has 0 radical (unpaired) electrons. The zero-order valence-corrected chi connectivity index (χ0v) is 11.5. The van der Waals surface area contributed by atoms with Crippen molar-refractivity contribution in [1.29, 1.82) is 0 Å². The van der Waals surface area contributed by atoms with Crippen LogP contribution in [-0.4, -0.2) is 44.0 Å². The monoisotopic (exact) mass is 272 g/mol. The van der Waals surface area contributed by atoms with Crippen LogP contribution in [0, 0.1) is 0 Å². The van der Waals surface area contributed by atoms with E-state index >= 15 is 0 Å². The maximum atomic E-state index is 11.3. The smallest absolute Gasteiger partial charge is 0.263 e. The van der Waals surface area contributed by atoms with Gasteiger partial charge in [0.2, 0.25) is 0 Å². The molecule has 0 aromatic carbocycles. The molecular formula is C13H24N2O4. The highest BCUT2D eigenvalue weighted by Crippen LogP contribution is 2.25. The predicted octanol–water partition coefficient (Wildman–Crippen LogP) is 0.498. The van der Waals surface area contributed by atoms with Crippen LogP contribution in [0.15, 0.2) is 0 Å². The minimum absolute atomic E-state index is 0.00483. The molecule has 0 aromatic rings. The Kier molecular flexibility index (Phi) is 5.57. The summed E-state index contributed by atoms with van der Waals surface area (Å²) in [6, 6.07) is 0. The van der Waals surface area contributed by atoms with Gasteiger partial charge in [0.1, 0.15) is 6.10 Å². The first-order chi connectivity index (χ1) is 9.22. The number of amides is 1. The van der Waals surface area contributed by atoms with Crippen LogP contribution in [0.5, 0.6) is 0 Å². The molecule has 1 saturated carbocycles. The Labute approximate surface area is 113 Å². The highest BCUT2D eigenvalue weighted by molar-refractivity contribution is 5.80. The van der Waals surface area contributed by atoms with Crippen molar-refractivity contribution in [3.05, 3.63) is 0 Å². The van der Waals surface area contributed by atoms with E-state index in [1.54, 1.807) is 7.11 Å². The first kappa shape index (κ1) is 14.7. The highest BCUT2D eigenvalue weighted by Gasteiger charge is 2.31. The summed E-state index contributed by atoms with van der Waals surface area (Å²) in [5, 5.41) is 0. The Bertz CT molecular complexity index is 300. The molecule has 6 nitrogen and oxygen atoms in total. The first-order valence-corrected chi connectivity index (χ1v) is 7.03. The van der Waals surface area contributed by atoms with Crippen LogP contribution < -0.4 is 11.3 Å². The lowest BCUT2D eigenvalue weighted by Crippen LogP contribution is -2.39. The van der Waals surface area contributed by atoms with Crippen molar-refractivity contribution in [3.63, 3.8) is 0 Å². The van der Waals surface area contributed by atoms with E-state index in [9.17, 15) is 4.79 Å². The van der Waals surface area contributed by atoms with E-state index < -0.39 is 6.10 Å². The van der Waals surface area contributed by atoms with Gasteiger partial charge in [0.15, 0.2) is 0 Å². The van der Waals surface area contributed by atoms with Gasteiger partial charge in [-0.2, -0.15) is 0 Å². The van der Waals surface area contributed by atoms with Crippen LogP contribution in [-0.2, 0) is 19.0 Å².